The van der Waals surface area contributed by atoms with Gasteiger partial charge in [0.1, 0.15) is 0 Å². The van der Waals surface area contributed by atoms with Crippen molar-refractivity contribution in [3.05, 3.63) is 0 Å². The fraction of sp³-hybridized carbons (Fsp3) is 0.800. The Kier molecular flexibility index (Phi) is 1.01. The summed E-state index contributed by atoms with van der Waals surface area (Å²) in [4.78, 5) is 10.3. The van der Waals surface area contributed by atoms with Crippen LogP contribution >= 0.6 is 0 Å². The largest absolute Gasteiger partial charge is 0.349 e. The summed E-state index contributed by atoms with van der Waals surface area (Å²) in [5, 5.41) is 2.70. The van der Waals surface area contributed by atoms with E-state index in [0.29, 0.717) is 13.0 Å². The molecule has 3 N–H and O–H groups in total. The first kappa shape index (κ1) is 5.56. The van der Waals surface area contributed by atoms with Crippen LogP contribution in [0.15, 0.2) is 0 Å². The summed E-state index contributed by atoms with van der Waals surface area (Å²) < 4.78 is 0. The van der Waals surface area contributed by atoms with E-state index in [4.69, 9.17) is 5.73 Å². The van der Waals surface area contributed by atoms with Gasteiger partial charge in [0.15, 0.2) is 0 Å². The minimum atomic E-state index is -0.0862. The number of carbonyl (C=O) groups excluding carboxylic acids is 1. The summed E-state index contributed by atoms with van der Waals surface area (Å²) in [7, 11) is 0. The minimum absolute atomic E-state index is 0.0862. The Morgan fingerprint density at radius 1 is 2.00 bits per heavy atom. The van der Waals surface area contributed by atoms with Crippen molar-refractivity contribution in [2.24, 2.45) is 5.73 Å². The van der Waals surface area contributed by atoms with Crippen LogP contribution in [0.2, 0.25) is 0 Å². The van der Waals surface area contributed by atoms with Crippen LogP contribution < -0.4 is 11.1 Å². The minimum Gasteiger partial charge on any atom is -0.349 e. The normalized spacial score (nSPS) is 36.0. The molecule has 3 heteroatoms. The zero-order valence-corrected chi connectivity index (χ0v) is 4.90. The van der Waals surface area contributed by atoms with E-state index in [9.17, 15) is 4.79 Å². The summed E-state index contributed by atoms with van der Waals surface area (Å²) in [6.07, 6.45) is 0.587. The third-order valence-corrected chi connectivity index (χ3v) is 1.44. The molecule has 46 valence electrons. The number of amides is 1. The maximum Gasteiger partial charge on any atom is 0.222 e. The van der Waals surface area contributed by atoms with Crippen LogP contribution in [0.5, 0.6) is 0 Å². The second-order valence-corrected chi connectivity index (χ2v) is 2.49. The lowest BCUT2D eigenvalue weighted by Crippen LogP contribution is -2.62. The maximum absolute atomic E-state index is 10.3. The van der Waals surface area contributed by atoms with Crippen LogP contribution in [0.25, 0.3) is 0 Å². The van der Waals surface area contributed by atoms with Crippen LogP contribution in [-0.4, -0.2) is 18.0 Å². The number of hydrogen-bond donors (Lipinski definition) is 2. The molecule has 1 rings (SSSR count). The zero-order chi connectivity index (χ0) is 6.20. The summed E-state index contributed by atoms with van der Waals surface area (Å²) in [5.41, 5.74) is 5.23. The van der Waals surface area contributed by atoms with Crippen molar-refractivity contribution >= 4 is 5.91 Å². The molecular formula is C5H10N2O. The number of hydrogen-bond acceptors (Lipinski definition) is 2. The number of β-lactam (4-membered cyclic amide) rings is 1. The third kappa shape index (κ3) is 0.690. The number of nitrogens with two attached hydrogens (primary N) is 1. The molecule has 0 radical (unpaired) electrons. The highest BCUT2D eigenvalue weighted by Crippen LogP contribution is 2.16. The SMILES string of the molecule is CC1(CN)CC(=O)N1. The van der Waals surface area contributed by atoms with Crippen LogP contribution in [-0.2, 0) is 4.79 Å². The van der Waals surface area contributed by atoms with Crippen molar-refractivity contribution < 1.29 is 4.79 Å². The van der Waals surface area contributed by atoms with E-state index in [1.54, 1.807) is 0 Å². The highest BCUT2D eigenvalue weighted by Gasteiger charge is 2.36. The van der Waals surface area contributed by atoms with Gasteiger partial charge < -0.3 is 11.1 Å². The van der Waals surface area contributed by atoms with Crippen molar-refractivity contribution in [1.82, 2.24) is 5.32 Å². The molecule has 3 nitrogen and oxygen atoms in total. The molecular weight excluding hydrogens is 104 g/mol. The van der Waals surface area contributed by atoms with Crippen molar-refractivity contribution in [3.63, 3.8) is 0 Å². The zero-order valence-electron chi connectivity index (χ0n) is 4.90. The monoisotopic (exact) mass is 114 g/mol. The van der Waals surface area contributed by atoms with Gasteiger partial charge in [-0.1, -0.05) is 0 Å². The fourth-order valence-electron chi connectivity index (χ4n) is 0.796. The Morgan fingerprint density at radius 3 is 2.62 bits per heavy atom. The van der Waals surface area contributed by atoms with Gasteiger partial charge in [0.25, 0.3) is 0 Å². The fourth-order valence-corrected chi connectivity index (χ4v) is 0.796. The molecule has 0 aromatic carbocycles. The van der Waals surface area contributed by atoms with Crippen LogP contribution in [0.1, 0.15) is 13.3 Å². The highest BCUT2D eigenvalue weighted by atomic mass is 16.2. The summed E-state index contributed by atoms with van der Waals surface area (Å²) in [5.74, 6) is 0.109. The van der Waals surface area contributed by atoms with Crippen molar-refractivity contribution in [1.29, 1.82) is 0 Å². The Hall–Kier alpha value is -0.570. The average Bonchev–Trinajstić information content (AvgIpc) is 1.63. The first-order chi connectivity index (χ1) is 3.66. The molecule has 1 unspecified atom stereocenters. The molecule has 1 heterocycles. The lowest BCUT2D eigenvalue weighted by atomic mass is 9.90. The first-order valence-electron chi connectivity index (χ1n) is 2.67. The summed E-state index contributed by atoms with van der Waals surface area (Å²) >= 11 is 0. The molecule has 1 saturated heterocycles. The quantitative estimate of drug-likeness (QED) is 0.439. The van der Waals surface area contributed by atoms with E-state index in [0.717, 1.165) is 0 Å². The Balaban J connectivity index is 2.40. The Morgan fingerprint density at radius 2 is 2.50 bits per heavy atom. The molecule has 1 aliphatic heterocycles. The lowest BCUT2D eigenvalue weighted by molar-refractivity contribution is -0.131. The van der Waals surface area contributed by atoms with Crippen LogP contribution in [0.4, 0.5) is 0 Å². The van der Waals surface area contributed by atoms with Crippen molar-refractivity contribution in [2.45, 2.75) is 18.9 Å². The van der Waals surface area contributed by atoms with Crippen LogP contribution in [0.3, 0.4) is 0 Å². The highest BCUT2D eigenvalue weighted by molar-refractivity contribution is 5.84. The lowest BCUT2D eigenvalue weighted by Gasteiger charge is -2.37. The van der Waals surface area contributed by atoms with Crippen LogP contribution in [0, 0.1) is 0 Å². The molecule has 0 spiro atoms. The van der Waals surface area contributed by atoms with Gasteiger partial charge in [-0.15, -0.1) is 0 Å². The predicted molar refractivity (Wildman–Crippen MR) is 30.2 cm³/mol. The second-order valence-electron chi connectivity index (χ2n) is 2.49. The molecule has 1 aliphatic rings. The Bertz CT molecular complexity index is 114. The van der Waals surface area contributed by atoms with E-state index in [1.165, 1.54) is 0 Å². The summed E-state index contributed by atoms with van der Waals surface area (Å²) in [6, 6.07) is 0. The average molecular weight is 114 g/mol. The molecule has 0 aliphatic carbocycles. The molecule has 0 bridgehead atoms. The molecule has 8 heavy (non-hydrogen) atoms. The van der Waals surface area contributed by atoms with Gasteiger partial charge in [0, 0.05) is 6.54 Å². The van der Waals surface area contributed by atoms with E-state index < -0.39 is 0 Å². The van der Waals surface area contributed by atoms with Crippen molar-refractivity contribution in [2.75, 3.05) is 6.54 Å². The molecule has 1 atom stereocenters. The van der Waals surface area contributed by atoms with Gasteiger partial charge in [-0.25, -0.2) is 0 Å². The van der Waals surface area contributed by atoms with E-state index in [2.05, 4.69) is 5.32 Å². The van der Waals surface area contributed by atoms with Gasteiger partial charge >= 0.3 is 0 Å². The number of carbonyl (C=O) groups is 1. The number of rotatable bonds is 1. The van der Waals surface area contributed by atoms with E-state index >= 15 is 0 Å². The predicted octanol–water partition coefficient (Wildman–Crippen LogP) is -0.776. The standard InChI is InChI=1S/C5H10N2O/c1-5(3-6)2-4(8)7-5/h2-3,6H2,1H3,(H,7,8). The summed E-state index contributed by atoms with van der Waals surface area (Å²) in [6.45, 7) is 2.48. The molecule has 0 aromatic rings. The van der Waals surface area contributed by atoms with Gasteiger partial charge in [-0.05, 0) is 6.92 Å². The van der Waals surface area contributed by atoms with Gasteiger partial charge in [-0.3, -0.25) is 4.79 Å². The molecule has 0 aromatic heterocycles. The smallest absolute Gasteiger partial charge is 0.222 e. The molecule has 1 amide bonds. The van der Waals surface area contributed by atoms with E-state index in [-0.39, 0.29) is 11.4 Å². The van der Waals surface area contributed by atoms with E-state index in [1.807, 2.05) is 6.92 Å². The van der Waals surface area contributed by atoms with Gasteiger partial charge in [0.2, 0.25) is 5.91 Å². The van der Waals surface area contributed by atoms with Crippen molar-refractivity contribution in [3.8, 4) is 0 Å². The molecule has 0 saturated carbocycles. The first-order valence-corrected chi connectivity index (χ1v) is 2.67. The maximum atomic E-state index is 10.3. The van der Waals surface area contributed by atoms with Gasteiger partial charge in [0.05, 0.1) is 12.0 Å². The second kappa shape index (κ2) is 1.45. The topological polar surface area (TPSA) is 55.1 Å². The van der Waals surface area contributed by atoms with Gasteiger partial charge in [-0.2, -0.15) is 0 Å². The molecule has 1 fully saturated rings. The third-order valence-electron chi connectivity index (χ3n) is 1.44. The number of nitrogens with one attached hydrogen (secondary N) is 1. The Labute approximate surface area is 48.2 Å².